The maximum atomic E-state index is 12.1. The molecule has 0 spiro atoms. The maximum absolute atomic E-state index is 12.1. The Morgan fingerprint density at radius 3 is 2.42 bits per heavy atom. The van der Waals surface area contributed by atoms with Gasteiger partial charge in [0, 0.05) is 0 Å². The second-order valence-corrected chi connectivity index (χ2v) is 5.64. The second kappa shape index (κ2) is 10.2. The normalized spacial score (nSPS) is 11.5. The monoisotopic (exact) mass is 337 g/mol. The molecule has 4 N–H and O–H groups in total. The highest BCUT2D eigenvalue weighted by atomic mass is 16.5. The first kappa shape index (κ1) is 19.4. The second-order valence-electron chi connectivity index (χ2n) is 5.64. The Kier molecular flexibility index (Phi) is 8.28. The molecule has 0 aliphatic heterocycles. The molecular formula is C16H23N3O5. The van der Waals surface area contributed by atoms with Gasteiger partial charge in [-0.25, -0.2) is 10.3 Å². The van der Waals surface area contributed by atoms with Gasteiger partial charge < -0.3 is 15.4 Å². The zero-order valence-corrected chi connectivity index (χ0v) is 13.7. The molecule has 3 amide bonds. The van der Waals surface area contributed by atoms with Crippen molar-refractivity contribution >= 4 is 17.9 Å². The highest BCUT2D eigenvalue weighted by molar-refractivity contribution is 5.89. The number of carbonyl (C=O) groups excluding carboxylic acids is 3. The average molecular weight is 337 g/mol. The number of hydrogen-bond donors (Lipinski definition) is 4. The molecule has 0 aliphatic carbocycles. The smallest absolute Gasteiger partial charge is 0.408 e. The zero-order chi connectivity index (χ0) is 17.9. The number of alkyl carbamates (subject to hydrolysis) is 1. The third-order valence-electron chi connectivity index (χ3n) is 3.08. The molecule has 1 atom stereocenters. The van der Waals surface area contributed by atoms with Gasteiger partial charge >= 0.3 is 6.09 Å². The number of benzene rings is 1. The van der Waals surface area contributed by atoms with Crippen LogP contribution in [0.5, 0.6) is 0 Å². The van der Waals surface area contributed by atoms with Crippen molar-refractivity contribution in [2.24, 2.45) is 5.92 Å². The lowest BCUT2D eigenvalue weighted by molar-refractivity contribution is -0.131. The quantitative estimate of drug-likeness (QED) is 0.416. The molecule has 0 aliphatic rings. The molecule has 132 valence electrons. The molecule has 0 aromatic heterocycles. The van der Waals surface area contributed by atoms with Crippen LogP contribution in [0.15, 0.2) is 30.3 Å². The summed E-state index contributed by atoms with van der Waals surface area (Å²) in [7, 11) is 0. The number of hydroxylamine groups is 1. The van der Waals surface area contributed by atoms with Crippen LogP contribution in [0.1, 0.15) is 25.8 Å². The van der Waals surface area contributed by atoms with Crippen molar-refractivity contribution < 1.29 is 24.3 Å². The van der Waals surface area contributed by atoms with Gasteiger partial charge in [0.05, 0.1) is 6.54 Å². The van der Waals surface area contributed by atoms with Crippen molar-refractivity contribution in [1.82, 2.24) is 16.1 Å². The highest BCUT2D eigenvalue weighted by Crippen LogP contribution is 2.06. The Hall–Kier alpha value is -2.61. The molecule has 1 aromatic rings. The SMILES string of the molecule is CC(C)C[C@H](NC(=O)OCc1ccccc1)C(=O)NCC(=O)NO. The predicted molar refractivity (Wildman–Crippen MR) is 85.9 cm³/mol. The van der Waals surface area contributed by atoms with Gasteiger partial charge in [-0.2, -0.15) is 0 Å². The van der Waals surface area contributed by atoms with Crippen molar-refractivity contribution in [2.45, 2.75) is 32.9 Å². The van der Waals surface area contributed by atoms with E-state index >= 15 is 0 Å². The summed E-state index contributed by atoms with van der Waals surface area (Å²) in [6.45, 7) is 3.51. The Balaban J connectivity index is 2.52. The average Bonchev–Trinajstić information content (AvgIpc) is 2.57. The Bertz CT molecular complexity index is 548. The van der Waals surface area contributed by atoms with Crippen molar-refractivity contribution in [3.8, 4) is 0 Å². The van der Waals surface area contributed by atoms with Crippen LogP contribution >= 0.6 is 0 Å². The van der Waals surface area contributed by atoms with Crippen molar-refractivity contribution in [3.63, 3.8) is 0 Å². The summed E-state index contributed by atoms with van der Waals surface area (Å²) in [5, 5.41) is 13.2. The fourth-order valence-corrected chi connectivity index (χ4v) is 1.94. The lowest BCUT2D eigenvalue weighted by atomic mass is 10.0. The van der Waals surface area contributed by atoms with Crippen LogP contribution in [0.4, 0.5) is 4.79 Å². The van der Waals surface area contributed by atoms with Crippen molar-refractivity contribution in [3.05, 3.63) is 35.9 Å². The Morgan fingerprint density at radius 1 is 1.17 bits per heavy atom. The van der Waals surface area contributed by atoms with Gasteiger partial charge in [0.1, 0.15) is 12.6 Å². The van der Waals surface area contributed by atoms with E-state index in [-0.39, 0.29) is 19.1 Å². The molecule has 0 radical (unpaired) electrons. The maximum Gasteiger partial charge on any atom is 0.408 e. The van der Waals surface area contributed by atoms with E-state index in [1.165, 1.54) is 5.48 Å². The van der Waals surface area contributed by atoms with Crippen LogP contribution in [0, 0.1) is 5.92 Å². The molecule has 0 heterocycles. The minimum absolute atomic E-state index is 0.0929. The van der Waals surface area contributed by atoms with Crippen molar-refractivity contribution in [1.29, 1.82) is 0 Å². The topological polar surface area (TPSA) is 117 Å². The van der Waals surface area contributed by atoms with Gasteiger partial charge in [0.15, 0.2) is 0 Å². The lowest BCUT2D eigenvalue weighted by Crippen LogP contribution is -2.49. The summed E-state index contributed by atoms with van der Waals surface area (Å²) in [5.74, 6) is -1.14. The third-order valence-corrected chi connectivity index (χ3v) is 3.08. The van der Waals surface area contributed by atoms with E-state index in [4.69, 9.17) is 9.94 Å². The van der Waals surface area contributed by atoms with E-state index in [9.17, 15) is 14.4 Å². The van der Waals surface area contributed by atoms with E-state index in [1.807, 2.05) is 44.2 Å². The molecular weight excluding hydrogens is 314 g/mol. The number of nitrogens with one attached hydrogen (secondary N) is 3. The van der Waals surface area contributed by atoms with Gasteiger partial charge in [-0.15, -0.1) is 0 Å². The van der Waals surface area contributed by atoms with Crippen molar-refractivity contribution in [2.75, 3.05) is 6.54 Å². The van der Waals surface area contributed by atoms with E-state index in [0.717, 1.165) is 5.56 Å². The molecule has 8 heteroatoms. The molecule has 1 rings (SSSR count). The molecule has 8 nitrogen and oxygen atoms in total. The summed E-state index contributed by atoms with van der Waals surface area (Å²) in [6.07, 6.45) is -0.334. The van der Waals surface area contributed by atoms with Crippen LogP contribution in [0.3, 0.4) is 0 Å². The number of carbonyl (C=O) groups is 3. The van der Waals surface area contributed by atoms with Crippen LogP contribution in [-0.4, -0.2) is 35.7 Å². The summed E-state index contributed by atoms with van der Waals surface area (Å²) in [4.78, 5) is 34.9. The zero-order valence-electron chi connectivity index (χ0n) is 13.7. The standard InChI is InChI=1S/C16H23N3O5/c1-11(2)8-13(15(21)17-9-14(20)19-23)18-16(22)24-10-12-6-4-3-5-7-12/h3-7,11,13,23H,8-10H2,1-2H3,(H,17,21)(H,18,22)(H,19,20)/t13-/m0/s1. The van der Waals surface area contributed by atoms with E-state index in [2.05, 4.69) is 10.6 Å². The van der Waals surface area contributed by atoms with Crippen LogP contribution in [0.2, 0.25) is 0 Å². The van der Waals surface area contributed by atoms with Gasteiger partial charge in [0.2, 0.25) is 5.91 Å². The highest BCUT2D eigenvalue weighted by Gasteiger charge is 2.23. The first-order valence-corrected chi connectivity index (χ1v) is 7.60. The first-order chi connectivity index (χ1) is 11.4. The van der Waals surface area contributed by atoms with Gasteiger partial charge in [-0.1, -0.05) is 44.2 Å². The van der Waals surface area contributed by atoms with Gasteiger partial charge in [0.25, 0.3) is 5.91 Å². The van der Waals surface area contributed by atoms with Crippen LogP contribution in [-0.2, 0) is 20.9 Å². The van der Waals surface area contributed by atoms with Crippen LogP contribution in [0.25, 0.3) is 0 Å². The van der Waals surface area contributed by atoms with E-state index < -0.39 is 23.9 Å². The number of hydrogen-bond acceptors (Lipinski definition) is 5. The van der Waals surface area contributed by atoms with E-state index in [1.54, 1.807) is 0 Å². The lowest BCUT2D eigenvalue weighted by Gasteiger charge is -2.19. The van der Waals surface area contributed by atoms with Crippen LogP contribution < -0.4 is 16.1 Å². The predicted octanol–water partition coefficient (Wildman–Crippen LogP) is 0.949. The first-order valence-electron chi connectivity index (χ1n) is 7.60. The molecule has 0 unspecified atom stereocenters. The molecule has 0 saturated carbocycles. The number of amides is 3. The molecule has 0 bridgehead atoms. The summed E-state index contributed by atoms with van der Waals surface area (Å²) >= 11 is 0. The third kappa shape index (κ3) is 7.59. The molecule has 24 heavy (non-hydrogen) atoms. The van der Waals surface area contributed by atoms with Gasteiger partial charge in [-0.3, -0.25) is 14.8 Å². The number of ether oxygens (including phenoxy) is 1. The minimum Gasteiger partial charge on any atom is -0.445 e. The molecule has 0 saturated heterocycles. The fraction of sp³-hybridized carbons (Fsp3) is 0.438. The Morgan fingerprint density at radius 2 is 1.83 bits per heavy atom. The Labute approximate surface area is 140 Å². The summed E-state index contributed by atoms with van der Waals surface area (Å²) in [6, 6.07) is 8.32. The summed E-state index contributed by atoms with van der Waals surface area (Å²) < 4.78 is 5.09. The molecule has 0 fully saturated rings. The van der Waals surface area contributed by atoms with E-state index in [0.29, 0.717) is 6.42 Å². The number of rotatable bonds is 8. The minimum atomic E-state index is -0.834. The van der Waals surface area contributed by atoms with Gasteiger partial charge in [-0.05, 0) is 17.9 Å². The molecule has 1 aromatic carbocycles. The largest absolute Gasteiger partial charge is 0.445 e. The fourth-order valence-electron chi connectivity index (χ4n) is 1.94. The summed E-state index contributed by atoms with van der Waals surface area (Å²) in [5.41, 5.74) is 2.24.